The minimum atomic E-state index is -1.04. The van der Waals surface area contributed by atoms with E-state index in [1.54, 1.807) is 5.38 Å². The van der Waals surface area contributed by atoms with Crippen LogP contribution in [0, 0.1) is 5.13 Å². The Kier molecular flexibility index (Phi) is 3.56. The zero-order chi connectivity index (χ0) is 9.84. The molecule has 0 aliphatic rings. The van der Waals surface area contributed by atoms with Crippen molar-refractivity contribution >= 4 is 35.6 Å². The fourth-order valence-corrected chi connectivity index (χ4v) is 1.59. The molecule has 1 aromatic rings. The van der Waals surface area contributed by atoms with Crippen LogP contribution in [-0.4, -0.2) is 22.9 Å². The van der Waals surface area contributed by atoms with Gasteiger partial charge >= 0.3 is 5.97 Å². The zero-order valence-corrected chi connectivity index (χ0v) is 8.24. The number of rotatable bonds is 4. The van der Waals surface area contributed by atoms with Crippen LogP contribution in [0.4, 0.5) is 10.1 Å². The molecule has 2 N–H and O–H groups in total. The number of thiol groups is 1. The highest BCUT2D eigenvalue weighted by molar-refractivity contribution is 7.80. The van der Waals surface area contributed by atoms with Crippen molar-refractivity contribution in [3.8, 4) is 0 Å². The Bertz CT molecular complexity index is 302. The number of nitrogens with one attached hydrogen (secondary N) is 1. The highest BCUT2D eigenvalue weighted by Gasteiger charge is 2.16. The lowest BCUT2D eigenvalue weighted by Crippen LogP contribution is -2.30. The normalized spacial score (nSPS) is 12.5. The average Bonchev–Trinajstić information content (AvgIpc) is 2.46. The Morgan fingerprint density at radius 1 is 1.85 bits per heavy atom. The van der Waals surface area contributed by atoms with E-state index < -0.39 is 17.1 Å². The summed E-state index contributed by atoms with van der Waals surface area (Å²) < 4.78 is 12.8. The van der Waals surface area contributed by atoms with Crippen LogP contribution in [0.3, 0.4) is 0 Å². The van der Waals surface area contributed by atoms with Gasteiger partial charge in [0.05, 0.1) is 5.69 Å². The Morgan fingerprint density at radius 3 is 2.92 bits per heavy atom. The fourth-order valence-electron chi connectivity index (χ4n) is 0.769. The maximum Gasteiger partial charge on any atom is 0.326 e. The molecule has 0 amide bonds. The first kappa shape index (κ1) is 10.3. The molecule has 0 aliphatic heterocycles. The molecule has 1 heterocycles. The van der Waals surface area contributed by atoms with Gasteiger partial charge in [0.2, 0.25) is 0 Å². The number of anilines is 1. The summed E-state index contributed by atoms with van der Waals surface area (Å²) in [5.41, 5.74) is 0.214. The highest BCUT2D eigenvalue weighted by Crippen LogP contribution is 2.20. The van der Waals surface area contributed by atoms with Crippen molar-refractivity contribution in [2.45, 2.75) is 6.04 Å². The van der Waals surface area contributed by atoms with Crippen LogP contribution in [0.2, 0.25) is 0 Å². The second kappa shape index (κ2) is 4.48. The summed E-state index contributed by atoms with van der Waals surface area (Å²) in [4.78, 5) is 10.5. The largest absolute Gasteiger partial charge is 0.480 e. The van der Waals surface area contributed by atoms with Gasteiger partial charge in [-0.3, -0.25) is 0 Å². The standard InChI is InChI=1S/C7H8FNO2S2/c8-6-4(1-2-13-6)9-5(3-12)7(10)11/h1-2,5,9,12H,3H2,(H,10,11)/t5-/m0/s1. The molecule has 0 radical (unpaired) electrons. The van der Waals surface area contributed by atoms with Crippen LogP contribution in [-0.2, 0) is 4.79 Å². The van der Waals surface area contributed by atoms with Gasteiger partial charge in [-0.1, -0.05) is 0 Å². The molecule has 0 aromatic carbocycles. The van der Waals surface area contributed by atoms with Gasteiger partial charge in [-0.2, -0.15) is 17.0 Å². The van der Waals surface area contributed by atoms with E-state index in [0.717, 1.165) is 11.3 Å². The van der Waals surface area contributed by atoms with E-state index in [0.29, 0.717) is 0 Å². The Labute approximate surface area is 84.0 Å². The lowest BCUT2D eigenvalue weighted by molar-refractivity contribution is -0.137. The molecular formula is C7H8FNO2S2. The van der Waals surface area contributed by atoms with Gasteiger partial charge in [-0.05, 0) is 11.4 Å². The van der Waals surface area contributed by atoms with Gasteiger partial charge in [-0.15, -0.1) is 11.3 Å². The molecule has 72 valence electrons. The summed E-state index contributed by atoms with van der Waals surface area (Å²) in [5.74, 6) is -0.925. The number of carboxylic acids is 1. The molecule has 0 bridgehead atoms. The van der Waals surface area contributed by atoms with Crippen LogP contribution in [0.15, 0.2) is 11.4 Å². The van der Waals surface area contributed by atoms with Crippen molar-refractivity contribution in [1.82, 2.24) is 0 Å². The smallest absolute Gasteiger partial charge is 0.326 e. The third kappa shape index (κ3) is 2.60. The van der Waals surface area contributed by atoms with E-state index in [4.69, 9.17) is 5.11 Å². The number of hydrogen-bond donors (Lipinski definition) is 3. The second-order valence-corrected chi connectivity index (χ2v) is 3.56. The summed E-state index contributed by atoms with van der Waals surface area (Å²) in [6.45, 7) is 0. The molecule has 3 nitrogen and oxygen atoms in total. The Hall–Kier alpha value is -0.750. The minimum absolute atomic E-state index is 0.116. The van der Waals surface area contributed by atoms with Gasteiger partial charge in [0.25, 0.3) is 0 Å². The molecule has 0 saturated heterocycles. The number of aliphatic carboxylic acids is 1. The first-order valence-corrected chi connectivity index (χ1v) is 4.99. The van der Waals surface area contributed by atoms with Gasteiger partial charge < -0.3 is 10.4 Å². The summed E-state index contributed by atoms with van der Waals surface area (Å²) in [6.07, 6.45) is 0. The third-order valence-electron chi connectivity index (χ3n) is 1.43. The van der Waals surface area contributed by atoms with Crippen LogP contribution in [0.5, 0.6) is 0 Å². The second-order valence-electron chi connectivity index (χ2n) is 2.33. The average molecular weight is 221 g/mol. The van der Waals surface area contributed by atoms with E-state index in [1.807, 2.05) is 0 Å². The summed E-state index contributed by atoms with van der Waals surface area (Å²) in [7, 11) is 0. The number of carbonyl (C=O) groups is 1. The number of carboxylic acid groups (broad SMARTS) is 1. The maximum atomic E-state index is 12.8. The molecule has 0 saturated carbocycles. The van der Waals surface area contributed by atoms with Crippen molar-refractivity contribution in [2.24, 2.45) is 0 Å². The zero-order valence-electron chi connectivity index (χ0n) is 6.53. The quantitative estimate of drug-likeness (QED) is 0.678. The van der Waals surface area contributed by atoms with Crippen molar-refractivity contribution in [3.05, 3.63) is 16.6 Å². The van der Waals surface area contributed by atoms with E-state index in [-0.39, 0.29) is 11.4 Å². The molecule has 0 spiro atoms. The van der Waals surface area contributed by atoms with Crippen molar-refractivity contribution in [1.29, 1.82) is 0 Å². The van der Waals surface area contributed by atoms with E-state index in [1.165, 1.54) is 6.07 Å². The maximum absolute atomic E-state index is 12.8. The van der Waals surface area contributed by atoms with E-state index >= 15 is 0 Å². The topological polar surface area (TPSA) is 49.3 Å². The molecule has 0 fully saturated rings. The number of thiophene rings is 1. The first-order chi connectivity index (χ1) is 6.15. The number of halogens is 1. The molecule has 0 aliphatic carbocycles. The van der Waals surface area contributed by atoms with Gasteiger partial charge in [0, 0.05) is 5.75 Å². The Morgan fingerprint density at radius 2 is 2.54 bits per heavy atom. The fraction of sp³-hybridized carbons (Fsp3) is 0.286. The molecule has 6 heteroatoms. The lowest BCUT2D eigenvalue weighted by Gasteiger charge is -2.11. The van der Waals surface area contributed by atoms with Crippen LogP contribution >= 0.6 is 24.0 Å². The van der Waals surface area contributed by atoms with Crippen molar-refractivity contribution in [2.75, 3.05) is 11.1 Å². The summed E-state index contributed by atoms with van der Waals surface area (Å²) in [6, 6.07) is 0.645. The van der Waals surface area contributed by atoms with Gasteiger partial charge in [0.1, 0.15) is 6.04 Å². The van der Waals surface area contributed by atoms with Gasteiger partial charge in [0.15, 0.2) is 5.13 Å². The van der Waals surface area contributed by atoms with Crippen LogP contribution < -0.4 is 5.32 Å². The Balaban J connectivity index is 2.67. The van der Waals surface area contributed by atoms with Crippen LogP contribution in [0.25, 0.3) is 0 Å². The van der Waals surface area contributed by atoms with Gasteiger partial charge in [-0.25, -0.2) is 4.79 Å². The SMILES string of the molecule is O=C(O)[C@H](CS)Nc1ccsc1F. The highest BCUT2D eigenvalue weighted by atomic mass is 32.1. The molecule has 13 heavy (non-hydrogen) atoms. The minimum Gasteiger partial charge on any atom is -0.480 e. The van der Waals surface area contributed by atoms with Crippen LogP contribution in [0.1, 0.15) is 0 Å². The first-order valence-electron chi connectivity index (χ1n) is 3.48. The summed E-state index contributed by atoms with van der Waals surface area (Å²) in [5, 5.41) is 12.3. The van der Waals surface area contributed by atoms with Crippen molar-refractivity contribution < 1.29 is 14.3 Å². The summed E-state index contributed by atoms with van der Waals surface area (Å²) >= 11 is 4.76. The predicted octanol–water partition coefficient (Wildman–Crippen LogP) is 1.68. The predicted molar refractivity (Wildman–Crippen MR) is 53.2 cm³/mol. The third-order valence-corrected chi connectivity index (χ3v) is 2.49. The number of hydrogen-bond acceptors (Lipinski definition) is 4. The molecule has 1 rings (SSSR count). The molecule has 1 aromatic heterocycles. The molecule has 0 unspecified atom stereocenters. The van der Waals surface area contributed by atoms with Crippen molar-refractivity contribution in [3.63, 3.8) is 0 Å². The molecule has 1 atom stereocenters. The lowest BCUT2D eigenvalue weighted by atomic mass is 10.3. The molecular weight excluding hydrogens is 213 g/mol. The monoisotopic (exact) mass is 221 g/mol. The van der Waals surface area contributed by atoms with E-state index in [2.05, 4.69) is 17.9 Å². The van der Waals surface area contributed by atoms with E-state index in [9.17, 15) is 9.18 Å².